The van der Waals surface area contributed by atoms with Gasteiger partial charge in [0.2, 0.25) is 0 Å². The van der Waals surface area contributed by atoms with Gasteiger partial charge in [-0.2, -0.15) is 0 Å². The Morgan fingerprint density at radius 1 is 1.24 bits per heavy atom. The van der Waals surface area contributed by atoms with Crippen molar-refractivity contribution in [3.63, 3.8) is 0 Å². The summed E-state index contributed by atoms with van der Waals surface area (Å²) in [5.41, 5.74) is 1.80. The van der Waals surface area contributed by atoms with E-state index in [1.54, 1.807) is 13.4 Å². The van der Waals surface area contributed by atoms with Gasteiger partial charge in [-0.1, -0.05) is 18.2 Å². The van der Waals surface area contributed by atoms with Gasteiger partial charge in [0.05, 0.1) is 13.4 Å². The van der Waals surface area contributed by atoms with Crippen molar-refractivity contribution in [2.45, 2.75) is 25.2 Å². The fourth-order valence-corrected chi connectivity index (χ4v) is 2.83. The van der Waals surface area contributed by atoms with E-state index in [-0.39, 0.29) is 5.78 Å². The van der Waals surface area contributed by atoms with Crippen LogP contribution in [0.3, 0.4) is 0 Å². The summed E-state index contributed by atoms with van der Waals surface area (Å²) in [7, 11) is 1.64. The molecule has 1 atom stereocenters. The zero-order chi connectivity index (χ0) is 14.7. The summed E-state index contributed by atoms with van der Waals surface area (Å²) in [5.74, 6) is 2.27. The molecule has 1 aromatic heterocycles. The molecule has 1 unspecified atom stereocenters. The third-order valence-electron chi connectivity index (χ3n) is 3.96. The summed E-state index contributed by atoms with van der Waals surface area (Å²) >= 11 is 0. The third kappa shape index (κ3) is 2.92. The van der Waals surface area contributed by atoms with E-state index in [0.29, 0.717) is 12.3 Å². The Labute approximate surface area is 124 Å². The summed E-state index contributed by atoms with van der Waals surface area (Å²) in [5, 5.41) is 0. The van der Waals surface area contributed by atoms with Gasteiger partial charge in [0.15, 0.2) is 5.78 Å². The van der Waals surface area contributed by atoms with Gasteiger partial charge in [0, 0.05) is 17.9 Å². The molecule has 0 saturated heterocycles. The van der Waals surface area contributed by atoms with E-state index in [2.05, 4.69) is 0 Å². The third-order valence-corrected chi connectivity index (χ3v) is 3.96. The minimum atomic E-state index is 0.226. The minimum absolute atomic E-state index is 0.226. The van der Waals surface area contributed by atoms with E-state index in [4.69, 9.17) is 9.15 Å². The van der Waals surface area contributed by atoms with Crippen LogP contribution >= 0.6 is 0 Å². The van der Waals surface area contributed by atoms with E-state index in [9.17, 15) is 4.79 Å². The number of allylic oxidation sites excluding steroid dienone is 1. The molecule has 1 heterocycles. The largest absolute Gasteiger partial charge is 0.496 e. The van der Waals surface area contributed by atoms with Gasteiger partial charge in [-0.05, 0) is 42.7 Å². The summed E-state index contributed by atoms with van der Waals surface area (Å²) in [6.45, 7) is 0. The molecular weight excluding hydrogens is 264 g/mol. The highest BCUT2D eigenvalue weighted by atomic mass is 16.5. The van der Waals surface area contributed by atoms with Gasteiger partial charge in [0.1, 0.15) is 11.5 Å². The lowest BCUT2D eigenvalue weighted by Gasteiger charge is -2.21. The number of methoxy groups -OCH3 is 1. The first-order chi connectivity index (χ1) is 10.3. The quantitative estimate of drug-likeness (QED) is 0.792. The average molecular weight is 282 g/mol. The van der Waals surface area contributed by atoms with Crippen molar-refractivity contribution in [3.8, 4) is 5.75 Å². The van der Waals surface area contributed by atoms with Crippen molar-refractivity contribution in [2.75, 3.05) is 7.11 Å². The lowest BCUT2D eigenvalue weighted by atomic mass is 9.82. The van der Waals surface area contributed by atoms with Crippen LogP contribution in [-0.2, 0) is 4.79 Å². The maximum absolute atomic E-state index is 12.2. The molecule has 108 valence electrons. The fourth-order valence-electron chi connectivity index (χ4n) is 2.83. The number of hydrogen-bond acceptors (Lipinski definition) is 3. The number of Topliss-reactive ketones (excluding diaryl/α,β-unsaturated/α-hetero) is 1. The Morgan fingerprint density at radius 3 is 2.86 bits per heavy atom. The topological polar surface area (TPSA) is 39.4 Å². The van der Waals surface area contributed by atoms with E-state index in [0.717, 1.165) is 35.5 Å². The zero-order valence-electron chi connectivity index (χ0n) is 12.0. The Bertz CT molecular complexity index is 653. The molecule has 0 radical (unpaired) electrons. The molecule has 0 amide bonds. The Kier molecular flexibility index (Phi) is 3.91. The normalized spacial score (nSPS) is 20.7. The summed E-state index contributed by atoms with van der Waals surface area (Å²) in [4.78, 5) is 12.2. The van der Waals surface area contributed by atoms with E-state index >= 15 is 0 Å². The monoisotopic (exact) mass is 282 g/mol. The second kappa shape index (κ2) is 6.00. The summed E-state index contributed by atoms with van der Waals surface area (Å²) < 4.78 is 10.8. The van der Waals surface area contributed by atoms with Crippen LogP contribution < -0.4 is 4.74 Å². The molecule has 21 heavy (non-hydrogen) atoms. The fraction of sp³-hybridized carbons (Fsp3) is 0.278. The molecule has 3 nitrogen and oxygen atoms in total. The van der Waals surface area contributed by atoms with Gasteiger partial charge < -0.3 is 9.15 Å². The van der Waals surface area contributed by atoms with E-state index < -0.39 is 0 Å². The molecule has 1 aliphatic rings. The maximum atomic E-state index is 12.2. The second-order valence-corrected chi connectivity index (χ2v) is 5.29. The standard InChI is InChI=1S/C18H18O3/c1-20-17-6-3-2-5-13(17)11-15-12-14(8-9-16(15)19)18-7-4-10-21-18/h2-7,10-11,14H,8-9,12H2,1H3/b15-11-. The van der Waals surface area contributed by atoms with Crippen molar-refractivity contribution >= 4 is 11.9 Å². The van der Waals surface area contributed by atoms with E-state index in [1.807, 2.05) is 42.5 Å². The molecular formula is C18H18O3. The first-order valence-corrected chi connectivity index (χ1v) is 7.18. The Morgan fingerprint density at radius 2 is 2.10 bits per heavy atom. The van der Waals surface area contributed by atoms with Crippen LogP contribution in [0, 0.1) is 0 Å². The SMILES string of the molecule is COc1ccccc1/C=C1/CC(c2ccco2)CCC1=O. The van der Waals surface area contributed by atoms with Crippen molar-refractivity contribution in [2.24, 2.45) is 0 Å². The first-order valence-electron chi connectivity index (χ1n) is 7.18. The molecule has 0 aliphatic heterocycles. The number of furan rings is 1. The Balaban J connectivity index is 1.88. The first kappa shape index (κ1) is 13.7. The predicted molar refractivity (Wildman–Crippen MR) is 81.3 cm³/mol. The maximum Gasteiger partial charge on any atom is 0.158 e. The summed E-state index contributed by atoms with van der Waals surface area (Å²) in [6, 6.07) is 11.6. The van der Waals surface area contributed by atoms with E-state index in [1.165, 1.54) is 0 Å². The molecule has 3 rings (SSSR count). The van der Waals surface area contributed by atoms with Crippen LogP contribution in [0.5, 0.6) is 5.75 Å². The van der Waals surface area contributed by atoms with Crippen LogP contribution in [0.4, 0.5) is 0 Å². The molecule has 1 aromatic carbocycles. The number of ether oxygens (including phenoxy) is 1. The van der Waals surface area contributed by atoms with Crippen molar-refractivity contribution < 1.29 is 13.9 Å². The number of carbonyl (C=O) groups is 1. The molecule has 1 aliphatic carbocycles. The number of rotatable bonds is 3. The average Bonchev–Trinajstić information content (AvgIpc) is 3.04. The van der Waals surface area contributed by atoms with Crippen molar-refractivity contribution in [1.82, 2.24) is 0 Å². The molecule has 3 heteroatoms. The van der Waals surface area contributed by atoms with Crippen LogP contribution in [0.1, 0.15) is 36.5 Å². The molecule has 0 N–H and O–H groups in total. The van der Waals surface area contributed by atoms with Crippen LogP contribution in [-0.4, -0.2) is 12.9 Å². The van der Waals surface area contributed by atoms with Crippen LogP contribution in [0.2, 0.25) is 0 Å². The number of hydrogen-bond donors (Lipinski definition) is 0. The zero-order valence-corrected chi connectivity index (χ0v) is 12.0. The van der Waals surface area contributed by atoms with Gasteiger partial charge in [-0.3, -0.25) is 4.79 Å². The summed E-state index contributed by atoms with van der Waals surface area (Å²) in [6.07, 6.45) is 5.80. The molecule has 1 saturated carbocycles. The molecule has 0 spiro atoms. The van der Waals surface area contributed by atoms with Gasteiger partial charge >= 0.3 is 0 Å². The van der Waals surface area contributed by atoms with Crippen molar-refractivity contribution in [3.05, 3.63) is 59.6 Å². The predicted octanol–water partition coefficient (Wildman–Crippen LogP) is 4.21. The highest BCUT2D eigenvalue weighted by Crippen LogP contribution is 2.35. The lowest BCUT2D eigenvalue weighted by molar-refractivity contribution is -0.116. The minimum Gasteiger partial charge on any atom is -0.496 e. The van der Waals surface area contributed by atoms with Crippen LogP contribution in [0.25, 0.3) is 6.08 Å². The lowest BCUT2D eigenvalue weighted by Crippen LogP contribution is -2.15. The van der Waals surface area contributed by atoms with Crippen molar-refractivity contribution in [1.29, 1.82) is 0 Å². The van der Waals surface area contributed by atoms with Gasteiger partial charge in [0.25, 0.3) is 0 Å². The molecule has 1 fully saturated rings. The smallest absolute Gasteiger partial charge is 0.158 e. The van der Waals surface area contributed by atoms with Crippen LogP contribution in [0.15, 0.2) is 52.7 Å². The number of ketones is 1. The highest BCUT2D eigenvalue weighted by molar-refractivity contribution is 6.00. The second-order valence-electron chi connectivity index (χ2n) is 5.29. The number of benzene rings is 1. The number of carbonyl (C=O) groups excluding carboxylic acids is 1. The van der Waals surface area contributed by atoms with Gasteiger partial charge in [-0.25, -0.2) is 0 Å². The Hall–Kier alpha value is -2.29. The van der Waals surface area contributed by atoms with Gasteiger partial charge in [-0.15, -0.1) is 0 Å². The molecule has 2 aromatic rings. The highest BCUT2D eigenvalue weighted by Gasteiger charge is 2.26. The molecule has 0 bridgehead atoms. The number of para-hydroxylation sites is 1.